The van der Waals surface area contributed by atoms with Crippen LogP contribution >= 0.6 is 11.3 Å². The molecule has 1 atom stereocenters. The molecular weight excluding hydrogens is 336 g/mol. The number of carbonyl (C=O) groups excluding carboxylic acids is 1. The Hall–Kier alpha value is -2.54. The van der Waals surface area contributed by atoms with Gasteiger partial charge >= 0.3 is 0 Å². The molecule has 3 aromatic rings. The van der Waals surface area contributed by atoms with E-state index in [-0.39, 0.29) is 11.9 Å². The van der Waals surface area contributed by atoms with E-state index in [1.54, 1.807) is 17.5 Å². The van der Waals surface area contributed by atoms with Crippen molar-refractivity contribution in [2.75, 3.05) is 0 Å². The molecule has 0 aliphatic rings. The zero-order valence-electron chi connectivity index (χ0n) is 14.4. The number of nitrogens with one attached hydrogen (secondary N) is 1. The van der Waals surface area contributed by atoms with Crippen molar-refractivity contribution in [3.8, 4) is 11.5 Å². The molecule has 7 heteroatoms. The second-order valence-electron chi connectivity index (χ2n) is 5.88. The van der Waals surface area contributed by atoms with Crippen molar-refractivity contribution in [1.82, 2.24) is 20.4 Å². The van der Waals surface area contributed by atoms with Gasteiger partial charge in [0.2, 0.25) is 17.6 Å². The predicted octanol–water partition coefficient (Wildman–Crippen LogP) is 3.62. The lowest BCUT2D eigenvalue weighted by Gasteiger charge is -2.13. The molecule has 3 aromatic heterocycles. The molecule has 1 N–H and O–H groups in total. The highest BCUT2D eigenvalue weighted by molar-refractivity contribution is 7.12. The highest BCUT2D eigenvalue weighted by atomic mass is 32.1. The Labute approximate surface area is 150 Å². The third-order valence-corrected chi connectivity index (χ3v) is 4.83. The molecule has 0 unspecified atom stereocenters. The summed E-state index contributed by atoms with van der Waals surface area (Å²) in [6, 6.07) is 7.62. The summed E-state index contributed by atoms with van der Waals surface area (Å²) in [5.41, 5.74) is 1.82. The summed E-state index contributed by atoms with van der Waals surface area (Å²) in [6.45, 7) is 6.15. The number of hydrogen-bond donors (Lipinski definition) is 1. The van der Waals surface area contributed by atoms with E-state index in [0.717, 1.165) is 0 Å². The summed E-state index contributed by atoms with van der Waals surface area (Å²) < 4.78 is 5.20. The van der Waals surface area contributed by atoms with Gasteiger partial charge < -0.3 is 9.84 Å². The highest BCUT2D eigenvalue weighted by Gasteiger charge is 2.15. The Morgan fingerprint density at radius 1 is 1.36 bits per heavy atom. The molecule has 0 spiro atoms. The first-order valence-electron chi connectivity index (χ1n) is 8.13. The molecule has 6 nitrogen and oxygen atoms in total. The molecular formula is C18H20N4O2S. The first-order chi connectivity index (χ1) is 12.0. The fourth-order valence-corrected chi connectivity index (χ4v) is 3.67. The number of thiophene rings is 1. The SMILES string of the molecule is Cc1cc([C@H](C)NC(=O)CCc2nc(-c3ccccn3)no2)c(C)s1. The lowest BCUT2D eigenvalue weighted by molar-refractivity contribution is -0.121. The number of aromatic nitrogens is 3. The van der Waals surface area contributed by atoms with Gasteiger partial charge in [-0.2, -0.15) is 4.98 Å². The van der Waals surface area contributed by atoms with Crippen LogP contribution in [0.15, 0.2) is 35.0 Å². The Morgan fingerprint density at radius 3 is 2.88 bits per heavy atom. The summed E-state index contributed by atoms with van der Waals surface area (Å²) in [7, 11) is 0. The summed E-state index contributed by atoms with van der Waals surface area (Å²) in [5.74, 6) is 0.841. The van der Waals surface area contributed by atoms with Gasteiger partial charge in [-0.15, -0.1) is 11.3 Å². The van der Waals surface area contributed by atoms with Crippen molar-refractivity contribution in [2.24, 2.45) is 0 Å². The smallest absolute Gasteiger partial charge is 0.227 e. The Kier molecular flexibility index (Phi) is 5.23. The van der Waals surface area contributed by atoms with E-state index in [2.05, 4.69) is 40.4 Å². The van der Waals surface area contributed by atoms with Crippen molar-refractivity contribution in [3.05, 3.63) is 51.7 Å². The number of amides is 1. The molecule has 3 heterocycles. The van der Waals surface area contributed by atoms with Gasteiger partial charge in [-0.05, 0) is 44.5 Å². The van der Waals surface area contributed by atoms with Crippen molar-refractivity contribution < 1.29 is 9.32 Å². The molecule has 0 aliphatic heterocycles. The van der Waals surface area contributed by atoms with Crippen LogP contribution in [0.2, 0.25) is 0 Å². The lowest BCUT2D eigenvalue weighted by Crippen LogP contribution is -2.26. The van der Waals surface area contributed by atoms with Crippen LogP contribution in [-0.4, -0.2) is 21.0 Å². The predicted molar refractivity (Wildman–Crippen MR) is 96.2 cm³/mol. The molecule has 0 aliphatic carbocycles. The molecule has 0 saturated carbocycles. The van der Waals surface area contributed by atoms with Crippen molar-refractivity contribution in [1.29, 1.82) is 0 Å². The second-order valence-corrected chi connectivity index (χ2v) is 7.34. The minimum Gasteiger partial charge on any atom is -0.350 e. The Morgan fingerprint density at radius 2 is 2.20 bits per heavy atom. The quantitative estimate of drug-likeness (QED) is 0.729. The zero-order valence-corrected chi connectivity index (χ0v) is 15.3. The van der Waals surface area contributed by atoms with E-state index in [1.807, 2.05) is 25.1 Å². The number of rotatable bonds is 6. The molecule has 1 amide bonds. The van der Waals surface area contributed by atoms with Crippen LogP contribution in [0.1, 0.15) is 40.6 Å². The largest absolute Gasteiger partial charge is 0.350 e. The van der Waals surface area contributed by atoms with Gasteiger partial charge in [0.15, 0.2) is 0 Å². The van der Waals surface area contributed by atoms with Gasteiger partial charge in [-0.3, -0.25) is 9.78 Å². The van der Waals surface area contributed by atoms with Crippen LogP contribution in [0.5, 0.6) is 0 Å². The standard InChI is InChI=1S/C18H20N4O2S/c1-11-10-14(13(3)25-11)12(2)20-16(23)7-8-17-21-18(22-24-17)15-6-4-5-9-19-15/h4-6,9-10,12H,7-8H2,1-3H3,(H,20,23)/t12-/m0/s1. The third kappa shape index (κ3) is 4.30. The number of carbonyl (C=O) groups is 1. The van der Waals surface area contributed by atoms with Crippen LogP contribution in [0.3, 0.4) is 0 Å². The minimum atomic E-state index is -0.0339. The van der Waals surface area contributed by atoms with Crippen molar-refractivity contribution in [3.63, 3.8) is 0 Å². The maximum atomic E-state index is 12.2. The average molecular weight is 356 g/mol. The molecule has 3 rings (SSSR count). The third-order valence-electron chi connectivity index (χ3n) is 3.85. The molecule has 0 radical (unpaired) electrons. The van der Waals surface area contributed by atoms with Crippen molar-refractivity contribution in [2.45, 2.75) is 39.7 Å². The van der Waals surface area contributed by atoms with E-state index in [0.29, 0.717) is 30.3 Å². The molecule has 0 fully saturated rings. The van der Waals surface area contributed by atoms with Crippen LogP contribution in [-0.2, 0) is 11.2 Å². The Balaban J connectivity index is 1.54. The minimum absolute atomic E-state index is 0.00999. The van der Waals surface area contributed by atoms with Gasteiger partial charge in [0.1, 0.15) is 5.69 Å². The summed E-state index contributed by atoms with van der Waals surface area (Å²) in [4.78, 5) is 23.1. The number of aryl methyl sites for hydroxylation is 3. The van der Waals surface area contributed by atoms with E-state index in [9.17, 15) is 4.79 Å². The first kappa shape index (κ1) is 17.3. The second kappa shape index (κ2) is 7.57. The van der Waals surface area contributed by atoms with Gasteiger partial charge in [-0.25, -0.2) is 0 Å². The first-order valence-corrected chi connectivity index (χ1v) is 8.95. The normalized spacial score (nSPS) is 12.1. The number of nitrogens with zero attached hydrogens (tertiary/aromatic N) is 3. The van der Waals surface area contributed by atoms with Crippen LogP contribution in [0.25, 0.3) is 11.5 Å². The monoisotopic (exact) mass is 356 g/mol. The van der Waals surface area contributed by atoms with Gasteiger partial charge in [0.25, 0.3) is 0 Å². The summed E-state index contributed by atoms with van der Waals surface area (Å²) in [6.07, 6.45) is 2.38. The lowest BCUT2D eigenvalue weighted by atomic mass is 10.1. The van der Waals surface area contributed by atoms with Gasteiger partial charge in [0.05, 0.1) is 6.04 Å². The molecule has 130 valence electrons. The van der Waals surface area contributed by atoms with E-state index >= 15 is 0 Å². The summed E-state index contributed by atoms with van der Waals surface area (Å²) >= 11 is 1.75. The van der Waals surface area contributed by atoms with E-state index in [4.69, 9.17) is 4.52 Å². The zero-order chi connectivity index (χ0) is 17.8. The highest BCUT2D eigenvalue weighted by Crippen LogP contribution is 2.26. The van der Waals surface area contributed by atoms with Gasteiger partial charge in [-0.1, -0.05) is 11.2 Å². The van der Waals surface area contributed by atoms with Crippen LogP contribution < -0.4 is 5.32 Å². The Bertz CT molecular complexity index is 857. The fourth-order valence-electron chi connectivity index (χ4n) is 2.65. The molecule has 0 saturated heterocycles. The molecule has 0 aromatic carbocycles. The average Bonchev–Trinajstić information content (AvgIpc) is 3.20. The van der Waals surface area contributed by atoms with Crippen LogP contribution in [0.4, 0.5) is 0 Å². The maximum Gasteiger partial charge on any atom is 0.227 e. The number of hydrogen-bond acceptors (Lipinski definition) is 6. The maximum absolute atomic E-state index is 12.2. The molecule has 25 heavy (non-hydrogen) atoms. The van der Waals surface area contributed by atoms with Crippen LogP contribution in [0, 0.1) is 13.8 Å². The van der Waals surface area contributed by atoms with E-state index in [1.165, 1.54) is 15.3 Å². The summed E-state index contributed by atoms with van der Waals surface area (Å²) in [5, 5.41) is 6.93. The van der Waals surface area contributed by atoms with Crippen molar-refractivity contribution >= 4 is 17.2 Å². The van der Waals surface area contributed by atoms with Gasteiger partial charge in [0, 0.05) is 28.8 Å². The molecule has 0 bridgehead atoms. The number of pyridine rings is 1. The fraction of sp³-hybridized carbons (Fsp3) is 0.333. The van der Waals surface area contributed by atoms with E-state index < -0.39 is 0 Å². The topological polar surface area (TPSA) is 80.9 Å².